The zero-order valence-electron chi connectivity index (χ0n) is 15.2. The number of anilines is 1. The van der Waals surface area contributed by atoms with Crippen molar-refractivity contribution in [3.05, 3.63) is 29.3 Å². The normalized spacial score (nSPS) is 15.6. The summed E-state index contributed by atoms with van der Waals surface area (Å²) in [6.45, 7) is 5.70. The number of hydrogen-bond acceptors (Lipinski definition) is 2. The van der Waals surface area contributed by atoms with E-state index in [9.17, 15) is 9.59 Å². The van der Waals surface area contributed by atoms with E-state index in [-0.39, 0.29) is 24.4 Å². The fraction of sp³-hybridized carbons (Fsp3) is 0.600. The number of carbonyl (C=O) groups excluding carboxylic acids is 2. The topological polar surface area (TPSA) is 49.4 Å². The second-order valence-electron chi connectivity index (χ2n) is 6.80. The van der Waals surface area contributed by atoms with Gasteiger partial charge in [-0.05, 0) is 37.3 Å². The van der Waals surface area contributed by atoms with Crippen molar-refractivity contribution in [3.8, 4) is 0 Å². The molecule has 4 nitrogen and oxygen atoms in total. The highest BCUT2D eigenvalue weighted by molar-refractivity contribution is 5.98. The second-order valence-corrected chi connectivity index (χ2v) is 6.80. The van der Waals surface area contributed by atoms with Crippen molar-refractivity contribution in [3.63, 3.8) is 0 Å². The van der Waals surface area contributed by atoms with Crippen LogP contribution in [0.4, 0.5) is 5.69 Å². The first kappa shape index (κ1) is 18.5. The molecule has 2 amide bonds. The summed E-state index contributed by atoms with van der Waals surface area (Å²) in [6.07, 6.45) is 7.82. The molecule has 0 aromatic heterocycles. The Bertz CT molecular complexity index is 575. The van der Waals surface area contributed by atoms with E-state index < -0.39 is 0 Å². The lowest BCUT2D eigenvalue weighted by Gasteiger charge is -2.26. The van der Waals surface area contributed by atoms with Crippen LogP contribution in [0.5, 0.6) is 0 Å². The van der Waals surface area contributed by atoms with E-state index in [0.717, 1.165) is 36.1 Å². The van der Waals surface area contributed by atoms with E-state index in [1.54, 1.807) is 4.90 Å². The predicted octanol–water partition coefficient (Wildman–Crippen LogP) is 3.75. The summed E-state index contributed by atoms with van der Waals surface area (Å²) >= 11 is 0. The zero-order chi connectivity index (χ0) is 17.5. The molecule has 4 heteroatoms. The SMILES string of the molecule is CCc1cccc(C)c1N(CC(=O)NC1CCCCCC1)C(C)=O. The molecule has 0 aliphatic heterocycles. The van der Waals surface area contributed by atoms with Gasteiger partial charge in [0.2, 0.25) is 11.8 Å². The molecule has 0 radical (unpaired) electrons. The van der Waals surface area contributed by atoms with E-state index in [2.05, 4.69) is 12.2 Å². The first-order valence-corrected chi connectivity index (χ1v) is 9.19. The lowest BCUT2D eigenvalue weighted by molar-refractivity contribution is -0.123. The molecule has 1 aromatic rings. The first-order chi connectivity index (χ1) is 11.5. The van der Waals surface area contributed by atoms with Gasteiger partial charge in [0.25, 0.3) is 0 Å². The summed E-state index contributed by atoms with van der Waals surface area (Å²) in [5.74, 6) is -0.141. The van der Waals surface area contributed by atoms with Gasteiger partial charge in [0.05, 0.1) is 5.69 Å². The van der Waals surface area contributed by atoms with Crippen molar-refractivity contribution < 1.29 is 9.59 Å². The fourth-order valence-electron chi connectivity index (χ4n) is 3.58. The molecule has 0 spiro atoms. The third-order valence-corrected chi connectivity index (χ3v) is 4.87. The van der Waals surface area contributed by atoms with Gasteiger partial charge in [0.1, 0.15) is 6.54 Å². The van der Waals surface area contributed by atoms with Gasteiger partial charge in [0, 0.05) is 13.0 Å². The standard InChI is InChI=1S/C20H30N2O2/c1-4-17-11-9-10-15(2)20(17)22(16(3)23)14-19(24)21-18-12-7-5-6-8-13-18/h9-11,18H,4-8,12-14H2,1-3H3,(H,21,24). The molecule has 0 unspecified atom stereocenters. The quantitative estimate of drug-likeness (QED) is 0.836. The number of hydrogen-bond donors (Lipinski definition) is 1. The Hall–Kier alpha value is -1.84. The van der Waals surface area contributed by atoms with Crippen LogP contribution in [0, 0.1) is 6.92 Å². The summed E-state index contributed by atoms with van der Waals surface area (Å²) in [4.78, 5) is 26.3. The fourth-order valence-corrected chi connectivity index (χ4v) is 3.58. The third kappa shape index (κ3) is 4.83. The number of nitrogens with zero attached hydrogens (tertiary/aromatic N) is 1. The van der Waals surface area contributed by atoms with E-state index in [0.29, 0.717) is 0 Å². The molecule has 0 saturated heterocycles. The van der Waals surface area contributed by atoms with Crippen molar-refractivity contribution in [1.29, 1.82) is 0 Å². The molecule has 1 aliphatic carbocycles. The Kier molecular flexibility index (Phi) is 6.83. The molecule has 132 valence electrons. The van der Waals surface area contributed by atoms with E-state index in [1.165, 1.54) is 32.6 Å². The van der Waals surface area contributed by atoms with Gasteiger partial charge < -0.3 is 10.2 Å². The van der Waals surface area contributed by atoms with Gasteiger partial charge in [-0.3, -0.25) is 9.59 Å². The van der Waals surface area contributed by atoms with Crippen LogP contribution in [-0.2, 0) is 16.0 Å². The van der Waals surface area contributed by atoms with Crippen LogP contribution in [0.25, 0.3) is 0 Å². The maximum atomic E-state index is 12.5. The summed E-state index contributed by atoms with van der Waals surface area (Å²) in [7, 11) is 0. The van der Waals surface area contributed by atoms with Crippen LogP contribution in [0.2, 0.25) is 0 Å². The Morgan fingerprint density at radius 3 is 2.42 bits per heavy atom. The number of benzene rings is 1. The molecule has 1 N–H and O–H groups in total. The Labute approximate surface area is 145 Å². The molecule has 0 atom stereocenters. The summed E-state index contributed by atoms with van der Waals surface area (Å²) in [5, 5.41) is 3.14. The van der Waals surface area contributed by atoms with Crippen molar-refractivity contribution in [2.24, 2.45) is 0 Å². The van der Waals surface area contributed by atoms with E-state index >= 15 is 0 Å². The second kappa shape index (κ2) is 8.86. The lowest BCUT2D eigenvalue weighted by Crippen LogP contribution is -2.44. The molecule has 1 aliphatic rings. The highest BCUT2D eigenvalue weighted by Crippen LogP contribution is 2.26. The Morgan fingerprint density at radius 2 is 1.83 bits per heavy atom. The van der Waals surface area contributed by atoms with Crippen LogP contribution >= 0.6 is 0 Å². The highest BCUT2D eigenvalue weighted by atomic mass is 16.2. The minimum Gasteiger partial charge on any atom is -0.352 e. The summed E-state index contributed by atoms with van der Waals surface area (Å²) in [5.41, 5.74) is 3.03. The molecular formula is C20H30N2O2. The van der Waals surface area contributed by atoms with E-state index in [4.69, 9.17) is 0 Å². The Balaban J connectivity index is 2.11. The first-order valence-electron chi connectivity index (χ1n) is 9.19. The zero-order valence-corrected chi connectivity index (χ0v) is 15.2. The summed E-state index contributed by atoms with van der Waals surface area (Å²) < 4.78 is 0. The van der Waals surface area contributed by atoms with Gasteiger partial charge in [-0.25, -0.2) is 0 Å². The molecule has 1 fully saturated rings. The maximum Gasteiger partial charge on any atom is 0.240 e. The average molecular weight is 330 g/mol. The van der Waals surface area contributed by atoms with Gasteiger partial charge in [-0.15, -0.1) is 0 Å². The predicted molar refractivity (Wildman–Crippen MR) is 98.2 cm³/mol. The van der Waals surface area contributed by atoms with Gasteiger partial charge in [-0.2, -0.15) is 0 Å². The van der Waals surface area contributed by atoms with Gasteiger partial charge in [-0.1, -0.05) is 50.8 Å². The largest absolute Gasteiger partial charge is 0.352 e. The maximum absolute atomic E-state index is 12.5. The van der Waals surface area contributed by atoms with Crippen LogP contribution in [0.3, 0.4) is 0 Å². The Morgan fingerprint density at radius 1 is 1.17 bits per heavy atom. The number of amides is 2. The summed E-state index contributed by atoms with van der Waals surface area (Å²) in [6, 6.07) is 6.28. The number of carbonyl (C=O) groups is 2. The molecule has 0 bridgehead atoms. The van der Waals surface area contributed by atoms with Crippen LogP contribution in [-0.4, -0.2) is 24.4 Å². The minimum absolute atomic E-state index is 0.0533. The molecule has 2 rings (SSSR count). The number of aryl methyl sites for hydroxylation is 2. The number of nitrogens with one attached hydrogen (secondary N) is 1. The van der Waals surface area contributed by atoms with E-state index in [1.807, 2.05) is 25.1 Å². The smallest absolute Gasteiger partial charge is 0.240 e. The molecule has 1 saturated carbocycles. The highest BCUT2D eigenvalue weighted by Gasteiger charge is 2.22. The number of para-hydroxylation sites is 1. The minimum atomic E-state index is -0.0879. The van der Waals surface area contributed by atoms with Gasteiger partial charge >= 0.3 is 0 Å². The van der Waals surface area contributed by atoms with Crippen molar-refractivity contribution >= 4 is 17.5 Å². The molecule has 0 heterocycles. The molecule has 1 aromatic carbocycles. The van der Waals surface area contributed by atoms with Crippen molar-refractivity contribution in [2.75, 3.05) is 11.4 Å². The van der Waals surface area contributed by atoms with Gasteiger partial charge in [0.15, 0.2) is 0 Å². The van der Waals surface area contributed by atoms with Crippen LogP contribution in [0.1, 0.15) is 63.5 Å². The molecule has 24 heavy (non-hydrogen) atoms. The third-order valence-electron chi connectivity index (χ3n) is 4.87. The van der Waals surface area contributed by atoms with Crippen molar-refractivity contribution in [1.82, 2.24) is 5.32 Å². The lowest BCUT2D eigenvalue weighted by atomic mass is 10.0. The monoisotopic (exact) mass is 330 g/mol. The molecular weight excluding hydrogens is 300 g/mol. The average Bonchev–Trinajstić information content (AvgIpc) is 2.81. The van der Waals surface area contributed by atoms with Crippen LogP contribution < -0.4 is 10.2 Å². The number of rotatable bonds is 5. The van der Waals surface area contributed by atoms with Crippen molar-refractivity contribution in [2.45, 2.75) is 71.8 Å². The van der Waals surface area contributed by atoms with Crippen LogP contribution in [0.15, 0.2) is 18.2 Å².